The van der Waals surface area contributed by atoms with Crippen LogP contribution in [0, 0.1) is 12.8 Å². The van der Waals surface area contributed by atoms with Gasteiger partial charge in [-0.2, -0.15) is 0 Å². The van der Waals surface area contributed by atoms with Crippen molar-refractivity contribution in [3.05, 3.63) is 29.8 Å². The summed E-state index contributed by atoms with van der Waals surface area (Å²) in [6, 6.07) is 9.26. The highest BCUT2D eigenvalue weighted by Gasteiger charge is 2.23. The zero-order chi connectivity index (χ0) is 15.9. The zero-order valence-electron chi connectivity index (χ0n) is 14.8. The predicted molar refractivity (Wildman–Crippen MR) is 111 cm³/mol. The van der Waals surface area contributed by atoms with E-state index in [2.05, 4.69) is 65.6 Å². The summed E-state index contributed by atoms with van der Waals surface area (Å²) in [5.74, 6) is 1.64. The average molecular weight is 430 g/mol. The molecule has 0 spiro atoms. The molecule has 1 atom stereocenters. The minimum Gasteiger partial charge on any atom is -0.369 e. The van der Waals surface area contributed by atoms with Gasteiger partial charge < -0.3 is 15.5 Å². The normalized spacial score (nSPS) is 18.0. The lowest BCUT2D eigenvalue weighted by atomic mass is 10.1. The third-order valence-electron chi connectivity index (χ3n) is 4.17. The summed E-state index contributed by atoms with van der Waals surface area (Å²) in [5.41, 5.74) is 2.63. The summed E-state index contributed by atoms with van der Waals surface area (Å²) in [4.78, 5) is 6.78. The zero-order valence-corrected chi connectivity index (χ0v) is 17.1. The fraction of sp³-hybridized carbons (Fsp3) is 0.611. The Balaban J connectivity index is 0.00000264. The van der Waals surface area contributed by atoms with Crippen LogP contribution in [0.2, 0.25) is 0 Å². The van der Waals surface area contributed by atoms with Crippen molar-refractivity contribution in [1.29, 1.82) is 0 Å². The second-order valence-corrected chi connectivity index (χ2v) is 6.59. The van der Waals surface area contributed by atoms with Gasteiger partial charge in [0.1, 0.15) is 0 Å². The summed E-state index contributed by atoms with van der Waals surface area (Å²) in [5, 5.41) is 6.96. The van der Waals surface area contributed by atoms with Gasteiger partial charge >= 0.3 is 0 Å². The molecule has 1 aliphatic rings. The molecule has 2 rings (SSSR count). The number of aliphatic imine (C=N–C) groups is 1. The summed E-state index contributed by atoms with van der Waals surface area (Å²) in [7, 11) is 1.84. The number of nitrogens with zero attached hydrogens (tertiary/aromatic N) is 2. The van der Waals surface area contributed by atoms with Gasteiger partial charge in [-0.05, 0) is 37.8 Å². The number of nitrogens with one attached hydrogen (secondary N) is 2. The first kappa shape index (κ1) is 20.1. The highest BCUT2D eigenvalue weighted by Crippen LogP contribution is 2.20. The molecule has 1 aliphatic heterocycles. The quantitative estimate of drug-likeness (QED) is 0.428. The summed E-state index contributed by atoms with van der Waals surface area (Å²) < 4.78 is 0. The van der Waals surface area contributed by atoms with Crippen LogP contribution in [-0.4, -0.2) is 38.7 Å². The van der Waals surface area contributed by atoms with E-state index in [4.69, 9.17) is 0 Å². The first-order chi connectivity index (χ1) is 10.6. The van der Waals surface area contributed by atoms with Crippen LogP contribution in [0.5, 0.6) is 0 Å². The molecule has 5 heteroatoms. The molecule has 1 aromatic carbocycles. The van der Waals surface area contributed by atoms with Crippen LogP contribution >= 0.6 is 24.0 Å². The Kier molecular flexibility index (Phi) is 8.73. The van der Waals surface area contributed by atoms with Gasteiger partial charge in [0.2, 0.25) is 0 Å². The lowest BCUT2D eigenvalue weighted by Gasteiger charge is -2.20. The average Bonchev–Trinajstić information content (AvgIpc) is 2.95. The first-order valence-electron chi connectivity index (χ1n) is 8.37. The molecule has 1 saturated heterocycles. The molecule has 2 N–H and O–H groups in total. The summed E-state index contributed by atoms with van der Waals surface area (Å²) in [6.07, 6.45) is 2.32. The van der Waals surface area contributed by atoms with E-state index in [0.29, 0.717) is 12.0 Å². The highest BCUT2D eigenvalue weighted by atomic mass is 127. The molecule has 0 amide bonds. The Morgan fingerprint density at radius 2 is 2.00 bits per heavy atom. The fourth-order valence-electron chi connectivity index (χ4n) is 2.74. The number of guanidine groups is 1. The molecule has 0 saturated carbocycles. The molecule has 1 unspecified atom stereocenters. The van der Waals surface area contributed by atoms with Gasteiger partial charge in [0.25, 0.3) is 0 Å². The van der Waals surface area contributed by atoms with E-state index in [9.17, 15) is 0 Å². The van der Waals surface area contributed by atoms with E-state index in [0.717, 1.165) is 32.0 Å². The number of benzene rings is 1. The van der Waals surface area contributed by atoms with Gasteiger partial charge in [0.05, 0.1) is 0 Å². The first-order valence-corrected chi connectivity index (χ1v) is 8.37. The molecule has 0 aliphatic carbocycles. The van der Waals surface area contributed by atoms with Gasteiger partial charge in [-0.3, -0.25) is 4.99 Å². The molecule has 0 aromatic heterocycles. The van der Waals surface area contributed by atoms with Crippen molar-refractivity contribution in [3.63, 3.8) is 0 Å². The predicted octanol–water partition coefficient (Wildman–Crippen LogP) is 3.40. The monoisotopic (exact) mass is 430 g/mol. The van der Waals surface area contributed by atoms with E-state index in [-0.39, 0.29) is 24.0 Å². The molecular weight excluding hydrogens is 399 g/mol. The molecule has 23 heavy (non-hydrogen) atoms. The molecule has 1 aromatic rings. The van der Waals surface area contributed by atoms with Crippen molar-refractivity contribution in [3.8, 4) is 0 Å². The number of aryl methyl sites for hydroxylation is 1. The molecule has 1 heterocycles. The lowest BCUT2D eigenvalue weighted by molar-refractivity contribution is 0.567. The van der Waals surface area contributed by atoms with Crippen LogP contribution in [0.1, 0.15) is 32.3 Å². The van der Waals surface area contributed by atoms with Crippen LogP contribution in [0.25, 0.3) is 0 Å². The Morgan fingerprint density at radius 1 is 1.30 bits per heavy atom. The van der Waals surface area contributed by atoms with Crippen LogP contribution in [0.3, 0.4) is 0 Å². The number of halogens is 1. The van der Waals surface area contributed by atoms with Gasteiger partial charge in [-0.1, -0.05) is 31.5 Å². The third kappa shape index (κ3) is 6.57. The van der Waals surface area contributed by atoms with Crippen molar-refractivity contribution in [2.24, 2.45) is 10.9 Å². The number of hydrogen-bond donors (Lipinski definition) is 2. The standard InChI is InChI=1S/C18H30N4.HI/c1-14(2)9-11-20-18(19-4)21-16-10-12-22(13-16)17-7-5-15(3)6-8-17;/h5-8,14,16H,9-13H2,1-4H3,(H2,19,20,21);1H. The smallest absolute Gasteiger partial charge is 0.191 e. The third-order valence-corrected chi connectivity index (χ3v) is 4.17. The maximum absolute atomic E-state index is 4.33. The Labute approximate surface area is 158 Å². The van der Waals surface area contributed by atoms with Crippen molar-refractivity contribution < 1.29 is 0 Å². The van der Waals surface area contributed by atoms with Crippen molar-refractivity contribution >= 4 is 35.6 Å². The molecular formula is C18H31IN4. The lowest BCUT2D eigenvalue weighted by Crippen LogP contribution is -2.45. The Morgan fingerprint density at radius 3 is 2.61 bits per heavy atom. The molecule has 1 fully saturated rings. The van der Waals surface area contributed by atoms with E-state index in [1.54, 1.807) is 0 Å². The highest BCUT2D eigenvalue weighted by molar-refractivity contribution is 14.0. The van der Waals surface area contributed by atoms with E-state index >= 15 is 0 Å². The second kappa shape index (κ2) is 10.0. The number of hydrogen-bond acceptors (Lipinski definition) is 2. The minimum atomic E-state index is 0. The van der Waals surface area contributed by atoms with E-state index in [1.807, 2.05) is 7.05 Å². The maximum atomic E-state index is 4.33. The maximum Gasteiger partial charge on any atom is 0.191 e. The van der Waals surface area contributed by atoms with Gasteiger partial charge in [0.15, 0.2) is 5.96 Å². The van der Waals surface area contributed by atoms with Crippen molar-refractivity contribution in [1.82, 2.24) is 10.6 Å². The van der Waals surface area contributed by atoms with Gasteiger partial charge in [-0.25, -0.2) is 0 Å². The molecule has 0 radical (unpaired) electrons. The topological polar surface area (TPSA) is 39.7 Å². The minimum absolute atomic E-state index is 0. The van der Waals surface area contributed by atoms with Crippen LogP contribution in [0.4, 0.5) is 5.69 Å². The van der Waals surface area contributed by atoms with Crippen LogP contribution in [0.15, 0.2) is 29.3 Å². The number of rotatable bonds is 5. The van der Waals surface area contributed by atoms with Gasteiger partial charge in [-0.15, -0.1) is 24.0 Å². The Bertz CT molecular complexity index is 484. The Hall–Kier alpha value is -0.980. The van der Waals surface area contributed by atoms with E-state index < -0.39 is 0 Å². The van der Waals surface area contributed by atoms with Gasteiger partial charge in [0, 0.05) is 38.4 Å². The van der Waals surface area contributed by atoms with Crippen LogP contribution < -0.4 is 15.5 Å². The summed E-state index contributed by atoms with van der Waals surface area (Å²) >= 11 is 0. The molecule has 130 valence electrons. The van der Waals surface area contributed by atoms with Crippen molar-refractivity contribution in [2.45, 2.75) is 39.7 Å². The molecule has 0 bridgehead atoms. The van der Waals surface area contributed by atoms with Crippen molar-refractivity contribution in [2.75, 3.05) is 31.6 Å². The van der Waals surface area contributed by atoms with Crippen LogP contribution in [-0.2, 0) is 0 Å². The number of anilines is 1. The molecule has 4 nitrogen and oxygen atoms in total. The SMILES string of the molecule is CN=C(NCCC(C)C)NC1CCN(c2ccc(C)cc2)C1.I. The summed E-state index contributed by atoms with van der Waals surface area (Å²) in [6.45, 7) is 9.73. The second-order valence-electron chi connectivity index (χ2n) is 6.59. The largest absolute Gasteiger partial charge is 0.369 e. The van der Waals surface area contributed by atoms with E-state index in [1.165, 1.54) is 17.7 Å². The fourth-order valence-corrected chi connectivity index (χ4v) is 2.74.